The van der Waals surface area contributed by atoms with Gasteiger partial charge in [0, 0.05) is 0 Å². The SMILES string of the molecule is C=BC1CC1=C. The molecule has 0 aromatic carbocycles. The first-order valence-corrected chi connectivity index (χ1v) is 2.15. The second-order valence-electron chi connectivity index (χ2n) is 1.70. The summed E-state index contributed by atoms with van der Waals surface area (Å²) in [7, 11) is 0. The summed E-state index contributed by atoms with van der Waals surface area (Å²) in [5.74, 6) is 0.671. The van der Waals surface area contributed by atoms with Gasteiger partial charge in [0.25, 0.3) is 0 Å². The van der Waals surface area contributed by atoms with E-state index in [9.17, 15) is 0 Å². The van der Waals surface area contributed by atoms with Crippen molar-refractivity contribution in [1.82, 2.24) is 0 Å². The molecule has 0 aromatic rings. The van der Waals surface area contributed by atoms with E-state index >= 15 is 0 Å². The molecule has 1 atom stereocenters. The molecule has 0 N–H and O–H groups in total. The van der Waals surface area contributed by atoms with Gasteiger partial charge < -0.3 is 0 Å². The van der Waals surface area contributed by atoms with Crippen molar-refractivity contribution < 1.29 is 0 Å². The molecule has 0 bridgehead atoms. The van der Waals surface area contributed by atoms with Crippen molar-refractivity contribution in [3.05, 3.63) is 12.2 Å². The molecule has 1 aliphatic rings. The number of rotatable bonds is 1. The van der Waals surface area contributed by atoms with Crippen LogP contribution in [0.2, 0.25) is 5.82 Å². The van der Waals surface area contributed by atoms with Gasteiger partial charge >= 0.3 is 37.8 Å². The summed E-state index contributed by atoms with van der Waals surface area (Å²) < 4.78 is 0. The summed E-state index contributed by atoms with van der Waals surface area (Å²) >= 11 is 0. The van der Waals surface area contributed by atoms with Gasteiger partial charge in [-0.3, -0.25) is 0 Å². The van der Waals surface area contributed by atoms with Gasteiger partial charge in [-0.25, -0.2) is 0 Å². The second-order valence-corrected chi connectivity index (χ2v) is 1.70. The third-order valence-corrected chi connectivity index (χ3v) is 1.13. The van der Waals surface area contributed by atoms with Crippen molar-refractivity contribution in [3.8, 4) is 0 Å². The summed E-state index contributed by atoms with van der Waals surface area (Å²) in [6.07, 6.45) is 1.18. The first-order chi connectivity index (χ1) is 2.84. The Morgan fingerprint density at radius 1 is 1.83 bits per heavy atom. The standard InChI is InChI=1S/C5H7B/c1-4-3-5(4)6-2/h5H,1-3H2. The van der Waals surface area contributed by atoms with Crippen molar-refractivity contribution in [2.75, 3.05) is 0 Å². The van der Waals surface area contributed by atoms with E-state index in [-0.39, 0.29) is 0 Å². The molecule has 0 aromatic heterocycles. The van der Waals surface area contributed by atoms with Gasteiger partial charge in [-0.05, 0) is 0 Å². The molecule has 1 unspecified atom stereocenters. The van der Waals surface area contributed by atoms with Gasteiger partial charge in [-0.2, -0.15) is 0 Å². The predicted octanol–water partition coefficient (Wildman–Crippen LogP) is 0.871. The Morgan fingerprint density at radius 2 is 2.33 bits per heavy atom. The zero-order chi connectivity index (χ0) is 4.57. The molecule has 1 heteroatoms. The second kappa shape index (κ2) is 1.07. The molecule has 1 saturated carbocycles. The molecule has 0 saturated heterocycles. The fourth-order valence-corrected chi connectivity index (χ4v) is 0.474. The Labute approximate surface area is 38.8 Å². The van der Waals surface area contributed by atoms with Crippen molar-refractivity contribution in [2.45, 2.75) is 12.2 Å². The zero-order valence-corrected chi connectivity index (χ0v) is 3.78. The summed E-state index contributed by atoms with van der Waals surface area (Å²) in [6.45, 7) is 9.31. The molecule has 1 rings (SSSR count). The minimum atomic E-state index is 0.671. The van der Waals surface area contributed by atoms with Gasteiger partial charge in [0.15, 0.2) is 0 Å². The van der Waals surface area contributed by atoms with Crippen molar-refractivity contribution >= 4 is 13.4 Å². The van der Waals surface area contributed by atoms with Crippen molar-refractivity contribution in [1.29, 1.82) is 0 Å². The van der Waals surface area contributed by atoms with Crippen LogP contribution >= 0.6 is 0 Å². The van der Waals surface area contributed by atoms with Gasteiger partial charge in [0.2, 0.25) is 0 Å². The van der Waals surface area contributed by atoms with Crippen molar-refractivity contribution in [2.24, 2.45) is 0 Å². The maximum absolute atomic E-state index is 3.75. The molecule has 0 spiro atoms. The topological polar surface area (TPSA) is 0 Å². The average Bonchev–Trinajstić information content (AvgIpc) is 2.19. The predicted molar refractivity (Wildman–Crippen MR) is 30.4 cm³/mol. The Balaban J connectivity index is 2.44. The molecular weight excluding hydrogens is 70.9 g/mol. The Hall–Kier alpha value is -0.325. The normalized spacial score (nSPS) is 29.3. The molecule has 30 valence electrons. The van der Waals surface area contributed by atoms with Crippen LogP contribution in [0.5, 0.6) is 0 Å². The Kier molecular flexibility index (Phi) is 0.688. The summed E-state index contributed by atoms with van der Waals surface area (Å²) in [6, 6.07) is 0. The van der Waals surface area contributed by atoms with Crippen LogP contribution in [0.3, 0.4) is 0 Å². The van der Waals surface area contributed by atoms with Crippen LogP contribution in [0.15, 0.2) is 12.2 Å². The van der Waals surface area contributed by atoms with Crippen molar-refractivity contribution in [3.63, 3.8) is 0 Å². The number of hydrogen-bond acceptors (Lipinski definition) is 0. The van der Waals surface area contributed by atoms with Crippen LogP contribution in [-0.2, 0) is 0 Å². The van der Waals surface area contributed by atoms with Crippen LogP contribution in [0.4, 0.5) is 0 Å². The van der Waals surface area contributed by atoms with Crippen LogP contribution in [0.1, 0.15) is 6.42 Å². The minimum absolute atomic E-state index is 0.671. The molecule has 0 nitrogen and oxygen atoms in total. The van der Waals surface area contributed by atoms with Crippen LogP contribution in [0.25, 0.3) is 0 Å². The van der Waals surface area contributed by atoms with E-state index in [1.54, 1.807) is 0 Å². The van der Waals surface area contributed by atoms with E-state index in [2.05, 4.69) is 13.0 Å². The van der Waals surface area contributed by atoms with E-state index in [0.29, 0.717) is 5.82 Å². The molecule has 0 radical (unpaired) electrons. The molecule has 0 amide bonds. The van der Waals surface area contributed by atoms with Gasteiger partial charge in [-0.15, -0.1) is 0 Å². The van der Waals surface area contributed by atoms with Gasteiger partial charge in [0.05, 0.1) is 0 Å². The summed E-state index contributed by atoms with van der Waals surface area (Å²) in [4.78, 5) is 0. The van der Waals surface area contributed by atoms with E-state index < -0.39 is 0 Å². The van der Waals surface area contributed by atoms with Crippen LogP contribution in [0, 0.1) is 0 Å². The molecular formula is C5H7B. The monoisotopic (exact) mass is 78.1 g/mol. The van der Waals surface area contributed by atoms with E-state index in [1.165, 1.54) is 12.0 Å². The Bertz CT molecular complexity index is 94.1. The first kappa shape index (κ1) is 3.85. The van der Waals surface area contributed by atoms with Gasteiger partial charge in [-0.1, -0.05) is 0 Å². The average molecular weight is 77.9 g/mol. The quantitative estimate of drug-likeness (QED) is 0.322. The van der Waals surface area contributed by atoms with Crippen LogP contribution < -0.4 is 0 Å². The fraction of sp³-hybridized carbons (Fsp3) is 0.400. The maximum atomic E-state index is 3.75. The van der Waals surface area contributed by atoms with E-state index in [1.807, 2.05) is 6.92 Å². The zero-order valence-electron chi connectivity index (χ0n) is 3.78. The molecule has 6 heavy (non-hydrogen) atoms. The van der Waals surface area contributed by atoms with Crippen LogP contribution in [-0.4, -0.2) is 13.4 Å². The van der Waals surface area contributed by atoms with Gasteiger partial charge in [0.1, 0.15) is 0 Å². The first-order valence-electron chi connectivity index (χ1n) is 2.15. The Morgan fingerprint density at radius 3 is 2.33 bits per heavy atom. The summed E-state index contributed by atoms with van der Waals surface area (Å²) in [5, 5.41) is 0. The molecule has 1 fully saturated rings. The van der Waals surface area contributed by atoms with E-state index in [0.717, 1.165) is 0 Å². The number of allylic oxidation sites excluding steroid dienone is 1. The third-order valence-electron chi connectivity index (χ3n) is 1.13. The fourth-order valence-electron chi connectivity index (χ4n) is 0.474. The molecule has 1 aliphatic carbocycles. The third kappa shape index (κ3) is 0.446. The molecule has 0 aliphatic heterocycles. The number of hydrogen-bond donors (Lipinski definition) is 0. The van der Waals surface area contributed by atoms with E-state index in [4.69, 9.17) is 0 Å². The summed E-state index contributed by atoms with van der Waals surface area (Å²) in [5.41, 5.74) is 1.34. The molecule has 0 heterocycles.